The average molecular weight is 658 g/mol. The van der Waals surface area contributed by atoms with Crippen molar-refractivity contribution in [2.24, 2.45) is 15.9 Å². The summed E-state index contributed by atoms with van der Waals surface area (Å²) in [5.74, 6) is 1.58. The van der Waals surface area contributed by atoms with Crippen LogP contribution in [0.5, 0.6) is 0 Å². The van der Waals surface area contributed by atoms with Crippen LogP contribution in [0.25, 0.3) is 43.6 Å². The van der Waals surface area contributed by atoms with Gasteiger partial charge >= 0.3 is 0 Å². The monoisotopic (exact) mass is 657 g/mol. The van der Waals surface area contributed by atoms with Crippen LogP contribution >= 0.6 is 0 Å². The smallest absolute Gasteiger partial charge is 0.212 e. The molecule has 1 atom stereocenters. The highest BCUT2D eigenvalue weighted by Crippen LogP contribution is 2.48. The quantitative estimate of drug-likeness (QED) is 0.201. The second-order valence-electron chi connectivity index (χ2n) is 13.4. The van der Waals surface area contributed by atoms with Crippen LogP contribution in [0.15, 0.2) is 192 Å². The fraction of sp³-hybridized carbons (Fsp3) is 0.0870. The van der Waals surface area contributed by atoms with Gasteiger partial charge in [0.15, 0.2) is 6.17 Å². The molecule has 0 spiro atoms. The fourth-order valence-electron chi connectivity index (χ4n) is 8.59. The van der Waals surface area contributed by atoms with Crippen LogP contribution < -0.4 is 5.32 Å². The number of hydrogen-bond acceptors (Lipinski definition) is 3. The molecule has 1 aliphatic heterocycles. The Morgan fingerprint density at radius 3 is 1.25 bits per heavy atom. The molecule has 10 rings (SSSR count). The third kappa shape index (κ3) is 4.48. The maximum absolute atomic E-state index is 5.75. The number of aliphatic imine (C=N–C) groups is 2. The van der Waals surface area contributed by atoms with E-state index in [0.29, 0.717) is 0 Å². The lowest BCUT2D eigenvalue weighted by Gasteiger charge is -2.45. The van der Waals surface area contributed by atoms with E-state index in [1.54, 1.807) is 0 Å². The molecule has 5 heteroatoms. The molecule has 0 saturated heterocycles. The van der Waals surface area contributed by atoms with Crippen LogP contribution in [0.4, 0.5) is 0 Å². The first kappa shape index (κ1) is 29.5. The molecule has 0 amide bonds. The molecular formula is C46H35N5. The molecule has 2 aromatic heterocycles. The minimum Gasteiger partial charge on any atom is -0.295 e. The third-order valence-electron chi connectivity index (χ3n) is 10.8. The fourth-order valence-corrected chi connectivity index (χ4v) is 8.59. The number of fused-ring (bicyclic) bond motifs is 6. The summed E-state index contributed by atoms with van der Waals surface area (Å²) in [7, 11) is 0. The second kappa shape index (κ2) is 11.9. The minimum atomic E-state index is -0.639. The van der Waals surface area contributed by atoms with Gasteiger partial charge in [-0.05, 0) is 47.7 Å². The summed E-state index contributed by atoms with van der Waals surface area (Å²) in [6.45, 7) is 0. The summed E-state index contributed by atoms with van der Waals surface area (Å²) >= 11 is 0. The first-order valence-corrected chi connectivity index (χ1v) is 17.7. The van der Waals surface area contributed by atoms with E-state index in [4.69, 9.17) is 9.98 Å². The first-order valence-electron chi connectivity index (χ1n) is 17.7. The van der Waals surface area contributed by atoms with Gasteiger partial charge in [-0.3, -0.25) is 14.5 Å². The molecule has 2 aliphatic rings. The molecular weight excluding hydrogens is 623 g/mol. The van der Waals surface area contributed by atoms with Crippen molar-refractivity contribution < 1.29 is 0 Å². The topological polar surface area (TPSA) is 46.6 Å². The van der Waals surface area contributed by atoms with E-state index in [2.05, 4.69) is 196 Å². The highest BCUT2D eigenvalue weighted by molar-refractivity contribution is 6.19. The molecule has 8 aromatic rings. The number of nitrogens with zero attached hydrogens (tertiary/aromatic N) is 4. The Hall–Kier alpha value is -6.46. The number of nitrogens with one attached hydrogen (secondary N) is 1. The Kier molecular flexibility index (Phi) is 6.84. The Morgan fingerprint density at radius 2 is 0.863 bits per heavy atom. The van der Waals surface area contributed by atoms with E-state index in [1.165, 1.54) is 32.7 Å². The molecule has 51 heavy (non-hydrogen) atoms. The molecule has 0 radical (unpaired) electrons. The minimum absolute atomic E-state index is 0.0849. The van der Waals surface area contributed by atoms with Gasteiger partial charge in [0.25, 0.3) is 0 Å². The summed E-state index contributed by atoms with van der Waals surface area (Å²) < 4.78 is 4.58. The van der Waals surface area contributed by atoms with Gasteiger partial charge in [-0.15, -0.1) is 0 Å². The Labute approximate surface area is 296 Å². The Balaban J connectivity index is 1.33. The number of para-hydroxylation sites is 4. The zero-order valence-corrected chi connectivity index (χ0v) is 28.0. The summed E-state index contributed by atoms with van der Waals surface area (Å²) in [5.41, 5.74) is 6.11. The van der Waals surface area contributed by atoms with Gasteiger partial charge < -0.3 is 0 Å². The van der Waals surface area contributed by atoms with E-state index in [1.807, 2.05) is 0 Å². The number of allylic oxidation sites excluding steroid dienone is 4. The first-order chi connectivity index (χ1) is 25.3. The molecule has 6 aromatic carbocycles. The summed E-state index contributed by atoms with van der Waals surface area (Å²) in [5, 5.41) is 8.58. The number of rotatable bonds is 4. The Bertz CT molecular complexity index is 2430. The van der Waals surface area contributed by atoms with Crippen molar-refractivity contribution in [1.29, 1.82) is 0 Å². The van der Waals surface area contributed by atoms with Crippen LogP contribution in [0, 0.1) is 5.92 Å². The lowest BCUT2D eigenvalue weighted by atomic mass is 9.62. The highest BCUT2D eigenvalue weighted by Gasteiger charge is 2.49. The standard InChI is InChI=1S/C46H35N5/c1-4-18-32(19-5-1)46(33-20-6-2-7-21-33,34-22-8-3-9-23-34)43-47-44(50-39-28-14-10-24-35(39)36-25-11-15-29-40(36)50)49-45(48-43)51-41-30-16-12-26-37(41)38-27-13-17-31-42(38)51/h1-22,24-31,34,43H,23H2,(H,47,48,49). The average Bonchev–Trinajstić information content (AvgIpc) is 3.73. The van der Waals surface area contributed by atoms with Gasteiger partial charge in [0.2, 0.25) is 11.9 Å². The normalized spacial score (nSPS) is 16.5. The molecule has 1 unspecified atom stereocenters. The van der Waals surface area contributed by atoms with E-state index in [0.717, 1.165) is 40.4 Å². The van der Waals surface area contributed by atoms with Crippen LogP contribution in [-0.2, 0) is 5.41 Å². The van der Waals surface area contributed by atoms with E-state index in [9.17, 15) is 0 Å². The molecule has 1 N–H and O–H groups in total. The molecule has 3 heterocycles. The highest BCUT2D eigenvalue weighted by atomic mass is 15.4. The van der Waals surface area contributed by atoms with Crippen molar-refractivity contribution in [3.63, 3.8) is 0 Å². The molecule has 0 fully saturated rings. The predicted molar refractivity (Wildman–Crippen MR) is 212 cm³/mol. The molecule has 244 valence electrons. The van der Waals surface area contributed by atoms with Gasteiger partial charge in [-0.2, -0.15) is 0 Å². The summed E-state index contributed by atoms with van der Waals surface area (Å²) in [4.78, 5) is 11.5. The van der Waals surface area contributed by atoms with E-state index < -0.39 is 11.6 Å². The SMILES string of the molecule is C1=CCC(C(c2ccccc2)(c2ccccc2)C2N=C(n3c4ccccc4c4ccccc43)NC(n3c4ccccc4c4ccccc43)=N2)C=C1. The number of aromatic nitrogens is 2. The Morgan fingerprint density at radius 1 is 0.471 bits per heavy atom. The van der Waals surface area contributed by atoms with Crippen LogP contribution in [0.3, 0.4) is 0 Å². The van der Waals surface area contributed by atoms with Gasteiger partial charge in [-0.25, -0.2) is 9.98 Å². The van der Waals surface area contributed by atoms with Crippen molar-refractivity contribution in [2.45, 2.75) is 18.0 Å². The van der Waals surface area contributed by atoms with Gasteiger partial charge in [0, 0.05) is 21.5 Å². The molecule has 0 bridgehead atoms. The summed E-state index contributed by atoms with van der Waals surface area (Å²) in [6, 6.07) is 56.3. The number of hydrogen-bond donors (Lipinski definition) is 1. The number of benzene rings is 6. The zero-order chi connectivity index (χ0) is 33.8. The molecule has 0 saturated carbocycles. The largest absolute Gasteiger partial charge is 0.295 e. The lowest BCUT2D eigenvalue weighted by Crippen LogP contribution is -2.52. The molecule has 5 nitrogen and oxygen atoms in total. The molecule has 1 aliphatic carbocycles. The van der Waals surface area contributed by atoms with Crippen LogP contribution in [-0.4, -0.2) is 27.2 Å². The second-order valence-corrected chi connectivity index (χ2v) is 13.4. The van der Waals surface area contributed by atoms with Crippen molar-refractivity contribution in [1.82, 2.24) is 14.5 Å². The van der Waals surface area contributed by atoms with Crippen molar-refractivity contribution >= 4 is 55.5 Å². The van der Waals surface area contributed by atoms with Gasteiger partial charge in [0.1, 0.15) is 0 Å². The predicted octanol–water partition coefficient (Wildman–Crippen LogP) is 10.1. The lowest BCUT2D eigenvalue weighted by molar-refractivity contribution is 0.316. The summed E-state index contributed by atoms with van der Waals surface area (Å²) in [6.07, 6.45) is 9.30. The van der Waals surface area contributed by atoms with Gasteiger partial charge in [-0.1, -0.05) is 158 Å². The van der Waals surface area contributed by atoms with E-state index in [-0.39, 0.29) is 5.92 Å². The maximum Gasteiger partial charge on any atom is 0.212 e. The third-order valence-corrected chi connectivity index (χ3v) is 10.8. The van der Waals surface area contributed by atoms with Crippen molar-refractivity contribution in [3.8, 4) is 0 Å². The van der Waals surface area contributed by atoms with Crippen LogP contribution in [0.2, 0.25) is 0 Å². The van der Waals surface area contributed by atoms with Crippen LogP contribution in [0.1, 0.15) is 17.5 Å². The van der Waals surface area contributed by atoms with Crippen molar-refractivity contribution in [2.75, 3.05) is 0 Å². The van der Waals surface area contributed by atoms with Crippen molar-refractivity contribution in [3.05, 3.63) is 193 Å². The van der Waals surface area contributed by atoms with Gasteiger partial charge in [0.05, 0.1) is 27.5 Å². The van der Waals surface area contributed by atoms with E-state index >= 15 is 0 Å². The zero-order valence-electron chi connectivity index (χ0n) is 28.0. The maximum atomic E-state index is 5.75.